The molecular formula is C14H22N2OS. The minimum Gasteiger partial charge on any atom is -0.385 e. The van der Waals surface area contributed by atoms with Gasteiger partial charge in [-0.2, -0.15) is 11.8 Å². The molecule has 0 aliphatic rings. The molecule has 1 aromatic carbocycles. The number of hydrogen-bond donors (Lipinski definition) is 2. The second-order valence-electron chi connectivity index (χ2n) is 4.09. The van der Waals surface area contributed by atoms with Gasteiger partial charge in [-0.25, -0.2) is 0 Å². The number of amides is 1. The Hall–Kier alpha value is -1.16. The normalized spacial score (nSPS) is 10.2. The summed E-state index contributed by atoms with van der Waals surface area (Å²) in [6, 6.07) is 5.75. The molecule has 0 aliphatic carbocycles. The zero-order valence-corrected chi connectivity index (χ0v) is 12.2. The molecule has 0 aliphatic heterocycles. The number of hydrogen-bond acceptors (Lipinski definition) is 3. The molecule has 1 aromatic rings. The van der Waals surface area contributed by atoms with Crippen molar-refractivity contribution >= 4 is 23.4 Å². The van der Waals surface area contributed by atoms with Crippen LogP contribution in [0.5, 0.6) is 0 Å². The Bertz CT molecular complexity index is 393. The largest absolute Gasteiger partial charge is 0.385 e. The first-order chi connectivity index (χ1) is 8.69. The van der Waals surface area contributed by atoms with Crippen molar-refractivity contribution in [2.24, 2.45) is 0 Å². The molecular weight excluding hydrogens is 244 g/mol. The Morgan fingerprint density at radius 3 is 2.78 bits per heavy atom. The van der Waals surface area contributed by atoms with E-state index in [0.29, 0.717) is 5.56 Å². The highest BCUT2D eigenvalue weighted by molar-refractivity contribution is 7.99. The van der Waals surface area contributed by atoms with Crippen LogP contribution in [0.3, 0.4) is 0 Å². The fraction of sp³-hybridized carbons (Fsp3) is 0.500. The minimum atomic E-state index is -0.0380. The maximum atomic E-state index is 11.5. The Morgan fingerprint density at radius 1 is 1.39 bits per heavy atom. The molecule has 3 nitrogen and oxygen atoms in total. The van der Waals surface area contributed by atoms with E-state index in [1.807, 2.05) is 36.9 Å². The van der Waals surface area contributed by atoms with E-state index >= 15 is 0 Å². The van der Waals surface area contributed by atoms with Crippen molar-refractivity contribution in [3.63, 3.8) is 0 Å². The average molecular weight is 266 g/mol. The summed E-state index contributed by atoms with van der Waals surface area (Å²) in [5.41, 5.74) is 2.94. The smallest absolute Gasteiger partial charge is 0.251 e. The van der Waals surface area contributed by atoms with Gasteiger partial charge in [0.2, 0.25) is 0 Å². The van der Waals surface area contributed by atoms with Crippen molar-refractivity contribution in [1.82, 2.24) is 5.32 Å². The van der Waals surface area contributed by atoms with Crippen LogP contribution in [0.2, 0.25) is 0 Å². The van der Waals surface area contributed by atoms with Gasteiger partial charge in [-0.3, -0.25) is 4.79 Å². The number of rotatable bonds is 7. The van der Waals surface area contributed by atoms with E-state index in [1.165, 1.54) is 11.5 Å². The fourth-order valence-electron chi connectivity index (χ4n) is 1.69. The summed E-state index contributed by atoms with van der Waals surface area (Å²) in [7, 11) is 1.65. The summed E-state index contributed by atoms with van der Waals surface area (Å²) in [4.78, 5) is 11.5. The Kier molecular flexibility index (Phi) is 6.65. The lowest BCUT2D eigenvalue weighted by atomic mass is 10.1. The lowest BCUT2D eigenvalue weighted by Crippen LogP contribution is -2.18. The predicted molar refractivity (Wildman–Crippen MR) is 80.7 cm³/mol. The summed E-state index contributed by atoms with van der Waals surface area (Å²) in [5, 5.41) is 6.04. The summed E-state index contributed by atoms with van der Waals surface area (Å²) in [6.45, 7) is 5.18. The van der Waals surface area contributed by atoms with Gasteiger partial charge in [0.05, 0.1) is 0 Å². The van der Waals surface area contributed by atoms with Crippen LogP contribution in [0.25, 0.3) is 0 Å². The zero-order chi connectivity index (χ0) is 13.4. The first-order valence-electron chi connectivity index (χ1n) is 6.33. The average Bonchev–Trinajstić information content (AvgIpc) is 2.39. The van der Waals surface area contributed by atoms with Gasteiger partial charge in [0.15, 0.2) is 0 Å². The molecule has 0 spiro atoms. The number of carbonyl (C=O) groups is 1. The highest BCUT2D eigenvalue weighted by atomic mass is 32.2. The number of aryl methyl sites for hydroxylation is 1. The van der Waals surface area contributed by atoms with Crippen LogP contribution in [0, 0.1) is 6.92 Å². The van der Waals surface area contributed by atoms with Gasteiger partial charge in [0.25, 0.3) is 5.91 Å². The zero-order valence-electron chi connectivity index (χ0n) is 11.4. The lowest BCUT2D eigenvalue weighted by molar-refractivity contribution is 0.0963. The van der Waals surface area contributed by atoms with Gasteiger partial charge >= 0.3 is 0 Å². The Morgan fingerprint density at radius 2 is 2.17 bits per heavy atom. The number of nitrogens with one attached hydrogen (secondary N) is 2. The molecule has 100 valence electrons. The number of benzene rings is 1. The molecule has 0 unspecified atom stereocenters. The third kappa shape index (κ3) is 4.61. The van der Waals surface area contributed by atoms with Crippen LogP contribution in [-0.2, 0) is 0 Å². The Balaban J connectivity index is 2.49. The van der Waals surface area contributed by atoms with Gasteiger partial charge in [0, 0.05) is 24.8 Å². The predicted octanol–water partition coefficient (Wildman–Crippen LogP) is 2.91. The van der Waals surface area contributed by atoms with E-state index in [2.05, 4.69) is 17.6 Å². The van der Waals surface area contributed by atoms with E-state index < -0.39 is 0 Å². The highest BCUT2D eigenvalue weighted by Crippen LogP contribution is 2.16. The topological polar surface area (TPSA) is 41.1 Å². The maximum Gasteiger partial charge on any atom is 0.251 e. The third-order valence-corrected chi connectivity index (χ3v) is 3.69. The monoisotopic (exact) mass is 266 g/mol. The molecule has 0 saturated heterocycles. The van der Waals surface area contributed by atoms with Crippen molar-refractivity contribution in [1.29, 1.82) is 0 Å². The van der Waals surface area contributed by atoms with Crippen LogP contribution in [0.15, 0.2) is 18.2 Å². The van der Waals surface area contributed by atoms with Gasteiger partial charge in [-0.05, 0) is 48.6 Å². The summed E-state index contributed by atoms with van der Waals surface area (Å²) in [5.74, 6) is 2.34. The first-order valence-corrected chi connectivity index (χ1v) is 7.48. The van der Waals surface area contributed by atoms with Crippen molar-refractivity contribution < 1.29 is 4.79 Å². The molecule has 0 fully saturated rings. The molecule has 1 amide bonds. The fourth-order valence-corrected chi connectivity index (χ4v) is 2.33. The summed E-state index contributed by atoms with van der Waals surface area (Å²) < 4.78 is 0. The van der Waals surface area contributed by atoms with Crippen LogP contribution >= 0.6 is 11.8 Å². The van der Waals surface area contributed by atoms with Crippen LogP contribution in [0.1, 0.15) is 29.3 Å². The van der Waals surface area contributed by atoms with Gasteiger partial charge in [-0.15, -0.1) is 0 Å². The highest BCUT2D eigenvalue weighted by Gasteiger charge is 2.05. The second-order valence-corrected chi connectivity index (χ2v) is 5.48. The molecule has 0 heterocycles. The standard InChI is InChI=1S/C14H22N2OS/c1-4-18-9-5-8-16-13-7-6-12(10-11(13)2)14(17)15-3/h6-7,10,16H,4-5,8-9H2,1-3H3,(H,15,17). The van der Waals surface area contributed by atoms with Gasteiger partial charge < -0.3 is 10.6 Å². The summed E-state index contributed by atoms with van der Waals surface area (Å²) in [6.07, 6.45) is 1.16. The molecule has 0 atom stereocenters. The number of carbonyl (C=O) groups excluding carboxylic acids is 1. The summed E-state index contributed by atoms with van der Waals surface area (Å²) >= 11 is 1.96. The van der Waals surface area contributed by atoms with Crippen molar-refractivity contribution in [2.45, 2.75) is 20.3 Å². The SMILES string of the molecule is CCSCCCNc1ccc(C(=O)NC)cc1C. The van der Waals surface area contributed by atoms with E-state index in [1.54, 1.807) is 7.05 Å². The molecule has 2 N–H and O–H groups in total. The van der Waals surface area contributed by atoms with Crippen molar-refractivity contribution in [3.8, 4) is 0 Å². The van der Waals surface area contributed by atoms with E-state index in [9.17, 15) is 4.79 Å². The van der Waals surface area contributed by atoms with E-state index in [4.69, 9.17) is 0 Å². The molecule has 0 aromatic heterocycles. The van der Waals surface area contributed by atoms with Crippen molar-refractivity contribution in [2.75, 3.05) is 30.4 Å². The van der Waals surface area contributed by atoms with Crippen molar-refractivity contribution in [3.05, 3.63) is 29.3 Å². The molecule has 4 heteroatoms. The quantitative estimate of drug-likeness (QED) is 0.746. The molecule has 0 radical (unpaired) electrons. The number of thioether (sulfide) groups is 1. The second kappa shape index (κ2) is 8.03. The molecule has 18 heavy (non-hydrogen) atoms. The molecule has 1 rings (SSSR count). The Labute approximate surface area is 114 Å². The van der Waals surface area contributed by atoms with Crippen LogP contribution in [0.4, 0.5) is 5.69 Å². The van der Waals surface area contributed by atoms with Gasteiger partial charge in [-0.1, -0.05) is 6.92 Å². The first kappa shape index (κ1) is 14.9. The van der Waals surface area contributed by atoms with E-state index in [0.717, 1.165) is 24.2 Å². The van der Waals surface area contributed by atoms with Crippen LogP contribution < -0.4 is 10.6 Å². The maximum absolute atomic E-state index is 11.5. The van der Waals surface area contributed by atoms with Crippen LogP contribution in [-0.4, -0.2) is 31.0 Å². The number of anilines is 1. The van der Waals surface area contributed by atoms with Gasteiger partial charge in [0.1, 0.15) is 0 Å². The molecule has 0 bridgehead atoms. The minimum absolute atomic E-state index is 0.0380. The van der Waals surface area contributed by atoms with E-state index in [-0.39, 0.29) is 5.91 Å². The lowest BCUT2D eigenvalue weighted by Gasteiger charge is -2.10. The molecule has 0 saturated carbocycles. The third-order valence-electron chi connectivity index (χ3n) is 2.70.